The first-order chi connectivity index (χ1) is 14.8. The molecule has 4 rings (SSSR count). The van der Waals surface area contributed by atoms with Crippen LogP contribution in [0.4, 0.5) is 5.69 Å². The molecule has 2 heterocycles. The number of rotatable bonds is 6. The third kappa shape index (κ3) is 4.27. The Kier molecular flexibility index (Phi) is 5.94. The molecule has 2 aromatic rings. The molecule has 0 unspecified atom stereocenters. The molecule has 166 valence electrons. The highest BCUT2D eigenvalue weighted by molar-refractivity contribution is 5.67. The molecule has 0 N–H and O–H groups in total. The smallest absolute Gasteiger partial charge is 0.150 e. The van der Waals surface area contributed by atoms with E-state index in [0.29, 0.717) is 5.41 Å². The molecule has 1 atom stereocenters. The minimum Gasteiger partial charge on any atom is -0.478 e. The fourth-order valence-corrected chi connectivity index (χ4v) is 5.50. The maximum Gasteiger partial charge on any atom is 0.150 e. The highest BCUT2D eigenvalue weighted by Gasteiger charge is 2.32. The SMILES string of the molecule is CCCC(C)(C)Cc1c(CC)ccc2c1C=C[C@@](C)(c1ccc3c(c1)CCCN3C)O2. The summed E-state index contributed by atoms with van der Waals surface area (Å²) in [6, 6.07) is 11.4. The van der Waals surface area contributed by atoms with Crippen molar-refractivity contribution in [3.8, 4) is 5.75 Å². The number of nitrogens with zero attached hydrogens (tertiary/aromatic N) is 1. The number of hydrogen-bond acceptors (Lipinski definition) is 2. The highest BCUT2D eigenvalue weighted by atomic mass is 16.5. The van der Waals surface area contributed by atoms with Crippen LogP contribution in [-0.2, 0) is 24.9 Å². The molecule has 2 aliphatic rings. The molecule has 0 amide bonds. The lowest BCUT2D eigenvalue weighted by molar-refractivity contribution is 0.137. The summed E-state index contributed by atoms with van der Waals surface area (Å²) in [5.74, 6) is 1.03. The van der Waals surface area contributed by atoms with Gasteiger partial charge in [0.1, 0.15) is 11.4 Å². The normalized spacial score (nSPS) is 20.3. The second-order valence-electron chi connectivity index (χ2n) is 10.5. The van der Waals surface area contributed by atoms with Gasteiger partial charge in [0, 0.05) is 24.8 Å². The van der Waals surface area contributed by atoms with Gasteiger partial charge in [0.15, 0.2) is 0 Å². The first kappa shape index (κ1) is 22.0. The molecular formula is C29H39NO. The second-order valence-corrected chi connectivity index (χ2v) is 10.5. The van der Waals surface area contributed by atoms with Crippen LogP contribution in [0.3, 0.4) is 0 Å². The maximum absolute atomic E-state index is 6.74. The summed E-state index contributed by atoms with van der Waals surface area (Å²) in [6.07, 6.45) is 11.6. The van der Waals surface area contributed by atoms with E-state index in [0.717, 1.165) is 31.6 Å². The van der Waals surface area contributed by atoms with Crippen molar-refractivity contribution in [3.63, 3.8) is 0 Å². The first-order valence-corrected chi connectivity index (χ1v) is 12.1. The summed E-state index contributed by atoms with van der Waals surface area (Å²) in [6.45, 7) is 12.7. The Balaban J connectivity index is 1.70. The predicted octanol–water partition coefficient (Wildman–Crippen LogP) is 7.32. The zero-order chi connectivity index (χ0) is 22.2. The van der Waals surface area contributed by atoms with E-state index in [-0.39, 0.29) is 0 Å². The lowest BCUT2D eigenvalue weighted by atomic mass is 9.78. The van der Waals surface area contributed by atoms with Gasteiger partial charge in [0.25, 0.3) is 0 Å². The first-order valence-electron chi connectivity index (χ1n) is 12.1. The molecule has 2 aromatic carbocycles. The van der Waals surface area contributed by atoms with Gasteiger partial charge in [-0.2, -0.15) is 0 Å². The monoisotopic (exact) mass is 417 g/mol. The molecular weight excluding hydrogens is 378 g/mol. The molecule has 0 spiro atoms. The van der Waals surface area contributed by atoms with Gasteiger partial charge in [0.05, 0.1) is 0 Å². The van der Waals surface area contributed by atoms with Crippen molar-refractivity contribution in [2.45, 2.75) is 78.7 Å². The minimum atomic E-state index is -0.429. The van der Waals surface area contributed by atoms with Crippen LogP contribution >= 0.6 is 0 Å². The lowest BCUT2D eigenvalue weighted by Gasteiger charge is -2.36. The van der Waals surface area contributed by atoms with Gasteiger partial charge in [-0.3, -0.25) is 0 Å². The van der Waals surface area contributed by atoms with Crippen molar-refractivity contribution in [2.24, 2.45) is 5.41 Å². The minimum absolute atomic E-state index is 0.299. The van der Waals surface area contributed by atoms with Gasteiger partial charge >= 0.3 is 0 Å². The van der Waals surface area contributed by atoms with Crippen molar-refractivity contribution in [3.05, 3.63) is 64.2 Å². The van der Waals surface area contributed by atoms with E-state index >= 15 is 0 Å². The largest absolute Gasteiger partial charge is 0.478 e. The zero-order valence-corrected chi connectivity index (χ0v) is 20.3. The number of benzene rings is 2. The van der Waals surface area contributed by atoms with Crippen LogP contribution in [0.1, 0.15) is 81.7 Å². The molecule has 0 aliphatic carbocycles. The Morgan fingerprint density at radius 3 is 2.68 bits per heavy atom. The van der Waals surface area contributed by atoms with E-state index in [4.69, 9.17) is 4.74 Å². The Hall–Kier alpha value is -2.22. The average Bonchev–Trinajstić information content (AvgIpc) is 2.73. The fourth-order valence-electron chi connectivity index (χ4n) is 5.50. The Bertz CT molecular complexity index is 986. The molecule has 31 heavy (non-hydrogen) atoms. The number of fused-ring (bicyclic) bond motifs is 2. The second kappa shape index (κ2) is 8.37. The van der Waals surface area contributed by atoms with E-state index in [1.54, 1.807) is 0 Å². The van der Waals surface area contributed by atoms with Crippen molar-refractivity contribution < 1.29 is 4.74 Å². The van der Waals surface area contributed by atoms with Gasteiger partial charge in [-0.25, -0.2) is 0 Å². The molecule has 0 saturated heterocycles. The number of ether oxygens (including phenoxy) is 1. The van der Waals surface area contributed by atoms with Crippen molar-refractivity contribution in [1.29, 1.82) is 0 Å². The van der Waals surface area contributed by atoms with E-state index in [9.17, 15) is 0 Å². The summed E-state index contributed by atoms with van der Waals surface area (Å²) in [4.78, 5) is 2.37. The highest BCUT2D eigenvalue weighted by Crippen LogP contribution is 2.42. The van der Waals surface area contributed by atoms with Gasteiger partial charge in [-0.15, -0.1) is 0 Å². The van der Waals surface area contributed by atoms with E-state index in [1.807, 2.05) is 0 Å². The van der Waals surface area contributed by atoms with Crippen LogP contribution < -0.4 is 9.64 Å². The predicted molar refractivity (Wildman–Crippen MR) is 133 cm³/mol. The van der Waals surface area contributed by atoms with Crippen LogP contribution in [0.2, 0.25) is 0 Å². The van der Waals surface area contributed by atoms with Gasteiger partial charge < -0.3 is 9.64 Å². The van der Waals surface area contributed by atoms with Crippen molar-refractivity contribution in [2.75, 3.05) is 18.5 Å². The summed E-state index contributed by atoms with van der Waals surface area (Å²) >= 11 is 0. The third-order valence-corrected chi connectivity index (χ3v) is 7.27. The Morgan fingerprint density at radius 1 is 1.13 bits per heavy atom. The zero-order valence-electron chi connectivity index (χ0n) is 20.3. The van der Waals surface area contributed by atoms with Crippen LogP contribution in [0.5, 0.6) is 5.75 Å². The Labute approximate surface area is 189 Å². The van der Waals surface area contributed by atoms with Gasteiger partial charge in [-0.1, -0.05) is 52.3 Å². The van der Waals surface area contributed by atoms with Crippen LogP contribution in [0.15, 0.2) is 36.4 Å². The molecule has 2 nitrogen and oxygen atoms in total. The molecule has 0 radical (unpaired) electrons. The summed E-state index contributed by atoms with van der Waals surface area (Å²) < 4.78 is 6.74. The van der Waals surface area contributed by atoms with Gasteiger partial charge in [-0.05, 0) is 91.0 Å². The topological polar surface area (TPSA) is 12.5 Å². The molecule has 0 bridgehead atoms. The molecule has 0 aromatic heterocycles. The lowest BCUT2D eigenvalue weighted by Crippen LogP contribution is -2.31. The summed E-state index contributed by atoms with van der Waals surface area (Å²) in [5.41, 5.74) is 8.15. The number of hydrogen-bond donors (Lipinski definition) is 0. The fraction of sp³-hybridized carbons (Fsp3) is 0.517. The van der Waals surface area contributed by atoms with Crippen molar-refractivity contribution >= 4 is 11.8 Å². The summed E-state index contributed by atoms with van der Waals surface area (Å²) in [5, 5.41) is 0. The van der Waals surface area contributed by atoms with Crippen LogP contribution in [-0.4, -0.2) is 13.6 Å². The van der Waals surface area contributed by atoms with E-state index in [1.165, 1.54) is 52.8 Å². The average molecular weight is 418 g/mol. The van der Waals surface area contributed by atoms with Gasteiger partial charge in [0.2, 0.25) is 0 Å². The van der Waals surface area contributed by atoms with E-state index < -0.39 is 5.60 Å². The molecule has 2 heteroatoms. The quantitative estimate of drug-likeness (QED) is 0.488. The molecule has 0 saturated carbocycles. The van der Waals surface area contributed by atoms with E-state index in [2.05, 4.69) is 89.1 Å². The molecule has 0 fully saturated rings. The van der Waals surface area contributed by atoms with Crippen LogP contribution in [0, 0.1) is 5.41 Å². The van der Waals surface area contributed by atoms with Crippen molar-refractivity contribution in [1.82, 2.24) is 0 Å². The number of aryl methyl sites for hydroxylation is 2. The number of anilines is 1. The van der Waals surface area contributed by atoms with Crippen LogP contribution in [0.25, 0.3) is 6.08 Å². The molecule has 2 aliphatic heterocycles. The summed E-state index contributed by atoms with van der Waals surface area (Å²) in [7, 11) is 2.19. The third-order valence-electron chi connectivity index (χ3n) is 7.27. The standard InChI is InChI=1S/C29H39NO/c1-7-16-28(3,4)20-25-21(8-2)11-14-27-24(25)15-17-29(5,31-27)23-12-13-26-22(19-23)10-9-18-30(26)6/h11-15,17,19H,7-10,16,18,20H2,1-6H3/t29-/m0/s1. The maximum atomic E-state index is 6.74. The Morgan fingerprint density at radius 2 is 1.94 bits per heavy atom.